The van der Waals surface area contributed by atoms with Crippen molar-refractivity contribution in [2.75, 3.05) is 26.2 Å². The molecule has 128 valence electrons. The van der Waals surface area contributed by atoms with Gasteiger partial charge >= 0.3 is 0 Å². The van der Waals surface area contributed by atoms with Crippen molar-refractivity contribution in [2.24, 2.45) is 0 Å². The Morgan fingerprint density at radius 1 is 1.43 bits per heavy atom. The third kappa shape index (κ3) is 5.92. The Bertz CT molecular complexity index is 508. The van der Waals surface area contributed by atoms with E-state index in [4.69, 9.17) is 4.74 Å². The fourth-order valence-electron chi connectivity index (χ4n) is 2.82. The van der Waals surface area contributed by atoms with Crippen molar-refractivity contribution >= 4 is 5.91 Å². The van der Waals surface area contributed by atoms with Gasteiger partial charge in [-0.1, -0.05) is 18.2 Å². The normalized spacial score (nSPS) is 19.0. The van der Waals surface area contributed by atoms with Gasteiger partial charge in [0.1, 0.15) is 5.82 Å². The molecule has 0 radical (unpaired) electrons. The van der Waals surface area contributed by atoms with Crippen molar-refractivity contribution in [2.45, 2.75) is 45.3 Å². The van der Waals surface area contributed by atoms with Crippen LogP contribution in [0, 0.1) is 5.82 Å². The highest BCUT2D eigenvalue weighted by Gasteiger charge is 2.24. The molecule has 0 bridgehead atoms. The number of amides is 1. The van der Waals surface area contributed by atoms with E-state index in [1.807, 2.05) is 6.07 Å². The third-order valence-electron chi connectivity index (χ3n) is 4.22. The SMILES string of the molecule is CC(C)N1CCO[C@@H](CC(=O)NCCCc2ccccc2F)C1. The van der Waals surface area contributed by atoms with Crippen molar-refractivity contribution in [3.05, 3.63) is 35.6 Å². The number of ether oxygens (including phenoxy) is 1. The van der Waals surface area contributed by atoms with Gasteiger partial charge in [0, 0.05) is 25.7 Å². The first kappa shape index (κ1) is 17.9. The highest BCUT2D eigenvalue weighted by atomic mass is 19.1. The molecule has 0 aromatic heterocycles. The van der Waals surface area contributed by atoms with Gasteiger partial charge in [-0.15, -0.1) is 0 Å². The number of halogens is 1. The molecule has 1 atom stereocenters. The number of morpholine rings is 1. The molecule has 1 aromatic rings. The predicted molar refractivity (Wildman–Crippen MR) is 88.8 cm³/mol. The summed E-state index contributed by atoms with van der Waals surface area (Å²) in [7, 11) is 0. The molecule has 1 heterocycles. The predicted octanol–water partition coefficient (Wildman–Crippen LogP) is 2.37. The maximum atomic E-state index is 13.5. The largest absolute Gasteiger partial charge is 0.375 e. The molecule has 23 heavy (non-hydrogen) atoms. The van der Waals surface area contributed by atoms with Crippen LogP contribution >= 0.6 is 0 Å². The lowest BCUT2D eigenvalue weighted by atomic mass is 10.1. The van der Waals surface area contributed by atoms with Crippen molar-refractivity contribution in [3.8, 4) is 0 Å². The number of carbonyl (C=O) groups excluding carboxylic acids is 1. The zero-order chi connectivity index (χ0) is 16.7. The van der Waals surface area contributed by atoms with Gasteiger partial charge in [0.05, 0.1) is 19.1 Å². The molecular weight excluding hydrogens is 295 g/mol. The molecule has 4 nitrogen and oxygen atoms in total. The molecule has 0 saturated carbocycles. The maximum absolute atomic E-state index is 13.5. The van der Waals surface area contributed by atoms with Gasteiger partial charge in [-0.25, -0.2) is 4.39 Å². The van der Waals surface area contributed by atoms with Gasteiger partial charge in [0.2, 0.25) is 5.91 Å². The van der Waals surface area contributed by atoms with E-state index in [0.29, 0.717) is 37.6 Å². The second kappa shape index (κ2) is 8.99. The Kier molecular flexibility index (Phi) is 6.99. The molecule has 1 N–H and O–H groups in total. The molecule has 1 aliphatic heterocycles. The quantitative estimate of drug-likeness (QED) is 0.784. The van der Waals surface area contributed by atoms with Crippen LogP contribution in [0.2, 0.25) is 0 Å². The van der Waals surface area contributed by atoms with E-state index in [1.165, 1.54) is 6.07 Å². The average Bonchev–Trinajstić information content (AvgIpc) is 2.53. The summed E-state index contributed by atoms with van der Waals surface area (Å²) in [4.78, 5) is 14.3. The molecule has 0 aliphatic carbocycles. The summed E-state index contributed by atoms with van der Waals surface area (Å²) in [5.74, 6) is -0.169. The number of rotatable bonds is 7. The zero-order valence-electron chi connectivity index (χ0n) is 14.1. The Labute approximate surface area is 138 Å². The fraction of sp³-hybridized carbons (Fsp3) is 0.611. The van der Waals surface area contributed by atoms with Crippen molar-refractivity contribution in [1.29, 1.82) is 0 Å². The van der Waals surface area contributed by atoms with E-state index in [2.05, 4.69) is 24.1 Å². The number of hydrogen-bond donors (Lipinski definition) is 1. The summed E-state index contributed by atoms with van der Waals surface area (Å²) in [5.41, 5.74) is 0.699. The molecule has 5 heteroatoms. The number of carbonyl (C=O) groups is 1. The Morgan fingerprint density at radius 3 is 2.96 bits per heavy atom. The highest BCUT2D eigenvalue weighted by molar-refractivity contribution is 5.76. The monoisotopic (exact) mass is 322 g/mol. The fourth-order valence-corrected chi connectivity index (χ4v) is 2.82. The van der Waals surface area contributed by atoms with Crippen LogP contribution in [0.25, 0.3) is 0 Å². The lowest BCUT2D eigenvalue weighted by Gasteiger charge is -2.35. The zero-order valence-corrected chi connectivity index (χ0v) is 14.1. The molecule has 1 aromatic carbocycles. The molecule has 0 unspecified atom stereocenters. The number of nitrogens with zero attached hydrogens (tertiary/aromatic N) is 1. The minimum absolute atomic E-state index is 0.00846. The molecule has 1 amide bonds. The van der Waals surface area contributed by atoms with Crippen LogP contribution in [0.15, 0.2) is 24.3 Å². The maximum Gasteiger partial charge on any atom is 0.222 e. The average molecular weight is 322 g/mol. The van der Waals surface area contributed by atoms with Gasteiger partial charge in [-0.05, 0) is 38.3 Å². The summed E-state index contributed by atoms with van der Waals surface area (Å²) < 4.78 is 19.1. The van der Waals surface area contributed by atoms with Crippen LogP contribution in [-0.4, -0.2) is 49.2 Å². The molecule has 1 saturated heterocycles. The Balaban J connectivity index is 1.64. The minimum Gasteiger partial charge on any atom is -0.375 e. The molecular formula is C18H27FN2O2. The van der Waals surface area contributed by atoms with E-state index in [1.54, 1.807) is 12.1 Å². The van der Waals surface area contributed by atoms with E-state index >= 15 is 0 Å². The first-order valence-electron chi connectivity index (χ1n) is 8.42. The second-order valence-electron chi connectivity index (χ2n) is 6.33. The summed E-state index contributed by atoms with van der Waals surface area (Å²) in [5, 5.41) is 2.90. The summed E-state index contributed by atoms with van der Waals surface area (Å²) in [6.45, 7) is 7.30. The molecule has 1 aliphatic rings. The number of benzene rings is 1. The van der Waals surface area contributed by atoms with Crippen LogP contribution in [-0.2, 0) is 16.0 Å². The first-order valence-corrected chi connectivity index (χ1v) is 8.42. The smallest absolute Gasteiger partial charge is 0.222 e. The minimum atomic E-state index is -0.178. The van der Waals surface area contributed by atoms with Crippen molar-refractivity contribution in [1.82, 2.24) is 10.2 Å². The molecule has 0 spiro atoms. The molecule has 2 rings (SSSR count). The van der Waals surface area contributed by atoms with E-state index in [0.717, 1.165) is 19.5 Å². The first-order chi connectivity index (χ1) is 11.1. The van der Waals surface area contributed by atoms with Crippen LogP contribution in [0.1, 0.15) is 32.3 Å². The van der Waals surface area contributed by atoms with Gasteiger partial charge < -0.3 is 10.1 Å². The van der Waals surface area contributed by atoms with E-state index in [9.17, 15) is 9.18 Å². The van der Waals surface area contributed by atoms with E-state index in [-0.39, 0.29) is 17.8 Å². The Hall–Kier alpha value is -1.46. The van der Waals surface area contributed by atoms with Crippen molar-refractivity contribution < 1.29 is 13.9 Å². The van der Waals surface area contributed by atoms with Crippen LogP contribution in [0.3, 0.4) is 0 Å². The van der Waals surface area contributed by atoms with Gasteiger partial charge in [0.15, 0.2) is 0 Å². The summed E-state index contributed by atoms with van der Waals surface area (Å²) in [6, 6.07) is 7.25. The van der Waals surface area contributed by atoms with Crippen molar-refractivity contribution in [3.63, 3.8) is 0 Å². The third-order valence-corrected chi connectivity index (χ3v) is 4.22. The lowest BCUT2D eigenvalue weighted by molar-refractivity contribution is -0.126. The van der Waals surface area contributed by atoms with Gasteiger partial charge in [-0.2, -0.15) is 0 Å². The number of hydrogen-bond acceptors (Lipinski definition) is 3. The van der Waals surface area contributed by atoms with Gasteiger partial charge in [0.25, 0.3) is 0 Å². The Morgan fingerprint density at radius 2 is 2.22 bits per heavy atom. The second-order valence-corrected chi connectivity index (χ2v) is 6.33. The van der Waals surface area contributed by atoms with E-state index < -0.39 is 0 Å². The summed E-state index contributed by atoms with van der Waals surface area (Å²) >= 11 is 0. The molecule has 1 fully saturated rings. The van der Waals surface area contributed by atoms with Gasteiger partial charge in [-0.3, -0.25) is 9.69 Å². The van der Waals surface area contributed by atoms with Crippen LogP contribution < -0.4 is 5.32 Å². The van der Waals surface area contributed by atoms with Crippen LogP contribution in [0.4, 0.5) is 4.39 Å². The summed E-state index contributed by atoms with van der Waals surface area (Å²) in [6.07, 6.45) is 1.73. The number of nitrogens with one attached hydrogen (secondary N) is 1. The lowest BCUT2D eigenvalue weighted by Crippen LogP contribution is -2.47. The van der Waals surface area contributed by atoms with Crippen LogP contribution in [0.5, 0.6) is 0 Å². The standard InChI is InChI=1S/C18H27FN2O2/c1-14(2)21-10-11-23-16(13-21)12-18(22)20-9-5-7-15-6-3-4-8-17(15)19/h3-4,6,8,14,16H,5,7,9-13H2,1-2H3,(H,20,22)/t16-/m0/s1. The highest BCUT2D eigenvalue weighted by Crippen LogP contribution is 2.12. The topological polar surface area (TPSA) is 41.6 Å². The number of aryl methyl sites for hydroxylation is 1.